The van der Waals surface area contributed by atoms with E-state index in [0.717, 1.165) is 53.5 Å². The molecule has 0 aliphatic carbocycles. The number of nitrogens with zero attached hydrogens (tertiary/aromatic N) is 2. The van der Waals surface area contributed by atoms with Crippen molar-refractivity contribution in [2.45, 2.75) is 64.8 Å². The van der Waals surface area contributed by atoms with E-state index in [-0.39, 0.29) is 30.0 Å². The fourth-order valence-electron chi connectivity index (χ4n) is 5.25. The number of allylic oxidation sites excluding steroid dienone is 1. The zero-order valence-corrected chi connectivity index (χ0v) is 25.9. The molecule has 0 unspecified atom stereocenters. The van der Waals surface area contributed by atoms with Gasteiger partial charge >= 0.3 is 0 Å². The van der Waals surface area contributed by atoms with Gasteiger partial charge < -0.3 is 9.64 Å². The van der Waals surface area contributed by atoms with Gasteiger partial charge in [0.1, 0.15) is 23.1 Å². The van der Waals surface area contributed by atoms with Crippen molar-refractivity contribution >= 4 is 27.2 Å². The third kappa shape index (κ3) is 6.81. The van der Waals surface area contributed by atoms with Crippen molar-refractivity contribution in [3.8, 4) is 16.9 Å². The number of ether oxygens (including phenoxy) is 1. The summed E-state index contributed by atoms with van der Waals surface area (Å²) in [6.45, 7) is 8.91. The average molecular weight is 591 g/mol. The Balaban J connectivity index is 1.61. The van der Waals surface area contributed by atoms with Crippen LogP contribution in [0.15, 0.2) is 70.6 Å². The minimum Gasteiger partial charge on any atom is -0.491 e. The molecular formula is C34H39FN2O4S. The lowest BCUT2D eigenvalue weighted by Crippen LogP contribution is -2.33. The summed E-state index contributed by atoms with van der Waals surface area (Å²) in [7, 11) is -3.76. The van der Waals surface area contributed by atoms with Crippen LogP contribution in [0.4, 0.5) is 4.39 Å². The molecule has 3 aromatic rings. The number of benzene rings is 3. The van der Waals surface area contributed by atoms with Gasteiger partial charge in [-0.2, -0.15) is 0 Å². The first-order valence-electron chi connectivity index (χ1n) is 14.5. The maximum Gasteiger partial charge on any atom is 0.254 e. The van der Waals surface area contributed by atoms with E-state index >= 15 is 4.39 Å². The number of hydrogen-bond donors (Lipinski definition) is 0. The Labute approximate surface area is 248 Å². The molecule has 0 saturated heterocycles. The van der Waals surface area contributed by atoms with Gasteiger partial charge in [-0.15, -0.1) is 0 Å². The molecule has 3 aromatic carbocycles. The molecule has 0 radical (unpaired) electrons. The summed E-state index contributed by atoms with van der Waals surface area (Å²) >= 11 is 0. The van der Waals surface area contributed by atoms with E-state index in [2.05, 4.69) is 38.1 Å². The van der Waals surface area contributed by atoms with E-state index in [0.29, 0.717) is 18.9 Å². The summed E-state index contributed by atoms with van der Waals surface area (Å²) in [5.74, 6) is -0.509. The van der Waals surface area contributed by atoms with Crippen LogP contribution in [0.2, 0.25) is 0 Å². The Hall–Kier alpha value is -3.78. The molecule has 0 saturated carbocycles. The molecule has 6 nitrogen and oxygen atoms in total. The quantitative estimate of drug-likeness (QED) is 0.242. The molecule has 0 aromatic heterocycles. The minimum absolute atomic E-state index is 0.104. The second-order valence-electron chi connectivity index (χ2n) is 10.5. The Morgan fingerprint density at radius 2 is 1.76 bits per heavy atom. The number of fused-ring (bicyclic) bond motifs is 1. The molecule has 1 aliphatic heterocycles. The summed E-state index contributed by atoms with van der Waals surface area (Å²) in [4.78, 5) is 19.8. The van der Waals surface area contributed by atoms with Crippen LogP contribution >= 0.6 is 0 Å². The second kappa shape index (κ2) is 13.5. The molecule has 1 amide bonds. The lowest BCUT2D eigenvalue weighted by atomic mass is 9.99. The van der Waals surface area contributed by atoms with Crippen LogP contribution < -0.4 is 4.74 Å². The first-order valence-corrected chi connectivity index (χ1v) is 16.4. The molecule has 1 aliphatic rings. The smallest absolute Gasteiger partial charge is 0.254 e. The van der Waals surface area contributed by atoms with Gasteiger partial charge in [-0.05, 0) is 67.1 Å². The highest BCUT2D eigenvalue weighted by Gasteiger charge is 2.27. The van der Waals surface area contributed by atoms with E-state index < -0.39 is 20.5 Å². The van der Waals surface area contributed by atoms with Crippen molar-refractivity contribution in [1.29, 1.82) is 0 Å². The summed E-state index contributed by atoms with van der Waals surface area (Å²) in [6.07, 6.45) is 6.18. The highest BCUT2D eigenvalue weighted by atomic mass is 32.2. The van der Waals surface area contributed by atoms with Crippen molar-refractivity contribution in [2.24, 2.45) is 4.99 Å². The van der Waals surface area contributed by atoms with Crippen LogP contribution in [0.5, 0.6) is 5.75 Å². The van der Waals surface area contributed by atoms with Crippen molar-refractivity contribution in [3.63, 3.8) is 0 Å². The molecule has 0 bridgehead atoms. The van der Waals surface area contributed by atoms with Crippen LogP contribution in [0.3, 0.4) is 0 Å². The average Bonchev–Trinajstić information content (AvgIpc) is 3.20. The molecular weight excluding hydrogens is 551 g/mol. The molecule has 0 atom stereocenters. The number of halogens is 1. The largest absolute Gasteiger partial charge is 0.491 e. The number of sulfone groups is 1. The van der Waals surface area contributed by atoms with Gasteiger partial charge in [-0.1, -0.05) is 63.6 Å². The van der Waals surface area contributed by atoms with Gasteiger partial charge in [0.15, 0.2) is 9.84 Å². The Morgan fingerprint density at radius 3 is 2.38 bits per heavy atom. The normalized spacial score (nSPS) is 14.3. The highest BCUT2D eigenvalue weighted by molar-refractivity contribution is 7.90. The summed E-state index contributed by atoms with van der Waals surface area (Å²) < 4.78 is 45.2. The molecule has 8 heteroatoms. The third-order valence-electron chi connectivity index (χ3n) is 7.53. The number of hydrogen-bond acceptors (Lipinski definition) is 5. The Kier molecular flexibility index (Phi) is 9.99. The predicted octanol–water partition coefficient (Wildman–Crippen LogP) is 7.51. The first kappa shape index (κ1) is 31.2. The van der Waals surface area contributed by atoms with Gasteiger partial charge in [0, 0.05) is 35.2 Å². The lowest BCUT2D eigenvalue weighted by Gasteiger charge is -2.22. The molecule has 0 N–H and O–H groups in total. The molecule has 0 fully saturated rings. The molecule has 42 heavy (non-hydrogen) atoms. The van der Waals surface area contributed by atoms with Gasteiger partial charge in [-0.25, -0.2) is 12.8 Å². The van der Waals surface area contributed by atoms with Crippen LogP contribution in [0.25, 0.3) is 16.8 Å². The molecule has 4 rings (SSSR count). The molecule has 222 valence electrons. The Morgan fingerprint density at radius 1 is 1.05 bits per heavy atom. The summed E-state index contributed by atoms with van der Waals surface area (Å²) in [5.41, 5.74) is 6.35. The number of aliphatic imine (C=N–C) groups is 1. The standard InChI is InChI=1S/C34H39FN2O4S/c1-6-10-27(7-2)36-30(9-4)24-13-11-23(12-14-24)25-15-17-31-26(21-25)22-37(19-20-41-31)34(38)29-16-18-32(42(5,39)40)33(35)28(29)8-3/h9,11-18,21H,6-8,10,19-20,22H2,1-5H3. The minimum atomic E-state index is -3.76. The van der Waals surface area contributed by atoms with Crippen molar-refractivity contribution in [1.82, 2.24) is 4.90 Å². The number of rotatable bonds is 9. The number of carbonyl (C=O) groups is 1. The fourth-order valence-corrected chi connectivity index (χ4v) is 6.01. The van der Waals surface area contributed by atoms with Gasteiger partial charge in [0.05, 0.1) is 12.2 Å². The number of amides is 1. The van der Waals surface area contributed by atoms with Gasteiger partial charge in [-0.3, -0.25) is 9.79 Å². The van der Waals surface area contributed by atoms with E-state index in [1.807, 2.05) is 31.2 Å². The van der Waals surface area contributed by atoms with Crippen LogP contribution in [0, 0.1) is 5.82 Å². The molecule has 0 spiro atoms. The van der Waals surface area contributed by atoms with E-state index in [1.54, 1.807) is 11.8 Å². The van der Waals surface area contributed by atoms with Crippen molar-refractivity contribution in [2.75, 3.05) is 19.4 Å². The maximum atomic E-state index is 15.1. The third-order valence-corrected chi connectivity index (χ3v) is 8.65. The monoisotopic (exact) mass is 590 g/mol. The van der Waals surface area contributed by atoms with Crippen LogP contribution in [0.1, 0.15) is 74.0 Å². The fraction of sp³-hybridized carbons (Fsp3) is 0.353. The SMILES string of the molecule is CC=C(N=C(CC)CCC)c1ccc(-c2ccc3c(c2)CN(C(=O)c2ccc(S(C)(=O)=O)c(F)c2CC)CCO3)cc1. The lowest BCUT2D eigenvalue weighted by molar-refractivity contribution is 0.0731. The predicted molar refractivity (Wildman–Crippen MR) is 167 cm³/mol. The summed E-state index contributed by atoms with van der Waals surface area (Å²) in [5, 5.41) is 0. The molecule has 1 heterocycles. The second-order valence-corrected chi connectivity index (χ2v) is 12.4. The highest BCUT2D eigenvalue weighted by Crippen LogP contribution is 2.32. The van der Waals surface area contributed by atoms with Crippen LogP contribution in [-0.2, 0) is 22.8 Å². The zero-order chi connectivity index (χ0) is 30.4. The van der Waals surface area contributed by atoms with Gasteiger partial charge in [0.25, 0.3) is 5.91 Å². The van der Waals surface area contributed by atoms with E-state index in [4.69, 9.17) is 9.73 Å². The first-order chi connectivity index (χ1) is 20.1. The van der Waals surface area contributed by atoms with Crippen molar-refractivity contribution in [3.05, 3.63) is 88.7 Å². The zero-order valence-electron chi connectivity index (χ0n) is 25.0. The summed E-state index contributed by atoms with van der Waals surface area (Å²) in [6, 6.07) is 16.8. The van der Waals surface area contributed by atoms with E-state index in [1.165, 1.54) is 17.8 Å². The topological polar surface area (TPSA) is 76.0 Å². The number of carbonyl (C=O) groups excluding carboxylic acids is 1. The Bertz CT molecular complexity index is 1630. The van der Waals surface area contributed by atoms with Gasteiger partial charge in [0.2, 0.25) is 0 Å². The van der Waals surface area contributed by atoms with E-state index in [9.17, 15) is 13.2 Å². The van der Waals surface area contributed by atoms with Crippen LogP contribution in [-0.4, -0.2) is 44.3 Å². The van der Waals surface area contributed by atoms with Crippen molar-refractivity contribution < 1.29 is 22.3 Å². The maximum absolute atomic E-state index is 15.1.